The van der Waals surface area contributed by atoms with Gasteiger partial charge in [-0.1, -0.05) is 22.0 Å². The number of benzene rings is 1. The summed E-state index contributed by atoms with van der Waals surface area (Å²) in [5.74, 6) is 0.0409. The van der Waals surface area contributed by atoms with Crippen LogP contribution < -0.4 is 10.6 Å². The summed E-state index contributed by atoms with van der Waals surface area (Å²) in [5, 5.41) is 5.71. The molecule has 0 spiro atoms. The molecule has 0 bridgehead atoms. The van der Waals surface area contributed by atoms with Gasteiger partial charge in [0.2, 0.25) is 5.91 Å². The van der Waals surface area contributed by atoms with Crippen molar-refractivity contribution in [3.63, 3.8) is 0 Å². The fraction of sp³-hybridized carbons (Fsp3) is 0.500. The molecule has 1 aromatic carbocycles. The van der Waals surface area contributed by atoms with Crippen molar-refractivity contribution in [3.05, 3.63) is 33.8 Å². The lowest BCUT2D eigenvalue weighted by Gasteiger charge is -2.16. The van der Waals surface area contributed by atoms with Gasteiger partial charge in [-0.3, -0.25) is 4.79 Å². The summed E-state index contributed by atoms with van der Waals surface area (Å²) >= 11 is 3.05. The van der Waals surface area contributed by atoms with Crippen molar-refractivity contribution in [2.45, 2.75) is 12.7 Å². The molecular weight excluding hydrogens is 417 g/mol. The summed E-state index contributed by atoms with van der Waals surface area (Å²) in [4.78, 5) is 17.2. The molecule has 1 aromatic rings. The highest BCUT2D eigenvalue weighted by molar-refractivity contribution is 9.10. The van der Waals surface area contributed by atoms with Crippen LogP contribution in [0, 0.1) is 0 Å². The summed E-state index contributed by atoms with van der Waals surface area (Å²) in [5.41, 5.74) is -0.719. The molecule has 0 unspecified atom stereocenters. The van der Waals surface area contributed by atoms with Crippen LogP contribution in [-0.4, -0.2) is 57.7 Å². The Balaban J connectivity index is 2.93. The number of rotatable bonds is 7. The van der Waals surface area contributed by atoms with Crippen molar-refractivity contribution in [3.8, 4) is 0 Å². The molecule has 0 saturated heterocycles. The molecule has 0 heterocycles. The first-order valence-electron chi connectivity index (χ1n) is 7.72. The van der Waals surface area contributed by atoms with Crippen LogP contribution in [-0.2, 0) is 22.3 Å². The van der Waals surface area contributed by atoms with Gasteiger partial charge >= 0.3 is 6.18 Å². The number of hydrogen-bond acceptors (Lipinski definition) is 3. The normalized spacial score (nSPS) is 12.0. The second-order valence-electron chi connectivity index (χ2n) is 5.53. The Hall–Kier alpha value is -1.81. The van der Waals surface area contributed by atoms with Gasteiger partial charge in [0.25, 0.3) is 0 Å². The monoisotopic (exact) mass is 438 g/mol. The maximum Gasteiger partial charge on any atom is 0.416 e. The van der Waals surface area contributed by atoms with Crippen LogP contribution in [0.3, 0.4) is 0 Å². The number of methoxy groups -OCH3 is 1. The molecule has 1 amide bonds. The van der Waals surface area contributed by atoms with Gasteiger partial charge in [-0.15, -0.1) is 0 Å². The summed E-state index contributed by atoms with van der Waals surface area (Å²) in [6, 6.07) is 3.92. The van der Waals surface area contributed by atoms with Crippen LogP contribution in [0.2, 0.25) is 0 Å². The zero-order chi connectivity index (χ0) is 19.7. The van der Waals surface area contributed by atoms with E-state index in [2.05, 4.69) is 31.6 Å². The molecule has 0 radical (unpaired) electrons. The number of ether oxygens (including phenoxy) is 1. The van der Waals surface area contributed by atoms with Crippen molar-refractivity contribution in [1.29, 1.82) is 0 Å². The SMILES string of the molecule is COCCNC(=NCc1ccc(Br)cc1C(F)(F)F)NCC(=O)N(C)C. The summed E-state index contributed by atoms with van der Waals surface area (Å²) in [7, 11) is 4.74. The quantitative estimate of drug-likeness (QED) is 0.389. The van der Waals surface area contributed by atoms with Crippen molar-refractivity contribution < 1.29 is 22.7 Å². The minimum Gasteiger partial charge on any atom is -0.383 e. The molecule has 6 nitrogen and oxygen atoms in total. The van der Waals surface area contributed by atoms with Crippen LogP contribution in [0.1, 0.15) is 11.1 Å². The van der Waals surface area contributed by atoms with Gasteiger partial charge < -0.3 is 20.3 Å². The predicted molar refractivity (Wildman–Crippen MR) is 96.9 cm³/mol. The third kappa shape index (κ3) is 7.61. The van der Waals surface area contributed by atoms with Gasteiger partial charge in [0.05, 0.1) is 25.3 Å². The maximum absolute atomic E-state index is 13.2. The van der Waals surface area contributed by atoms with Crippen LogP contribution in [0.15, 0.2) is 27.7 Å². The molecule has 0 aliphatic heterocycles. The topological polar surface area (TPSA) is 66.0 Å². The van der Waals surface area contributed by atoms with Gasteiger partial charge in [-0.25, -0.2) is 4.99 Å². The Bertz CT molecular complexity index is 636. The molecule has 10 heteroatoms. The second kappa shape index (κ2) is 10.4. The Morgan fingerprint density at radius 1 is 1.31 bits per heavy atom. The Kier molecular flexibility index (Phi) is 8.86. The molecule has 1 rings (SSSR count). The lowest BCUT2D eigenvalue weighted by atomic mass is 10.1. The van der Waals surface area contributed by atoms with Crippen molar-refractivity contribution in [2.24, 2.45) is 4.99 Å². The van der Waals surface area contributed by atoms with E-state index in [0.717, 1.165) is 6.07 Å². The van der Waals surface area contributed by atoms with Gasteiger partial charge in [0, 0.05) is 32.2 Å². The summed E-state index contributed by atoms with van der Waals surface area (Å²) < 4.78 is 44.8. The first kappa shape index (κ1) is 22.2. The third-order valence-corrected chi connectivity index (χ3v) is 3.78. The molecular formula is C16H22BrF3N4O2. The van der Waals surface area contributed by atoms with Crippen LogP contribution in [0.4, 0.5) is 13.2 Å². The smallest absolute Gasteiger partial charge is 0.383 e. The number of likely N-dealkylation sites (N-methyl/N-ethyl adjacent to an activating group) is 1. The van der Waals surface area contributed by atoms with Crippen LogP contribution in [0.5, 0.6) is 0 Å². The number of carbonyl (C=O) groups is 1. The largest absolute Gasteiger partial charge is 0.416 e. The van der Waals surface area contributed by atoms with E-state index in [1.165, 1.54) is 24.1 Å². The standard InChI is InChI=1S/C16H22BrF3N4O2/c1-24(2)14(25)10-23-15(21-6-7-26-3)22-9-11-4-5-12(17)8-13(11)16(18,19)20/h4-5,8H,6-7,9-10H2,1-3H3,(H2,21,22,23). The number of guanidine groups is 1. The lowest BCUT2D eigenvalue weighted by Crippen LogP contribution is -2.43. The molecule has 146 valence electrons. The van der Waals surface area contributed by atoms with E-state index in [1.807, 2.05) is 0 Å². The van der Waals surface area contributed by atoms with Crippen LogP contribution in [0.25, 0.3) is 0 Å². The Labute approximate surface area is 158 Å². The highest BCUT2D eigenvalue weighted by atomic mass is 79.9. The molecule has 26 heavy (non-hydrogen) atoms. The highest BCUT2D eigenvalue weighted by Crippen LogP contribution is 2.34. The number of nitrogens with one attached hydrogen (secondary N) is 2. The molecule has 2 N–H and O–H groups in total. The molecule has 0 aromatic heterocycles. The minimum atomic E-state index is -4.48. The van der Waals surface area contributed by atoms with E-state index in [9.17, 15) is 18.0 Å². The number of carbonyl (C=O) groups excluding carboxylic acids is 1. The van der Waals surface area contributed by atoms with E-state index in [0.29, 0.717) is 17.6 Å². The predicted octanol–water partition coefficient (Wildman–Crippen LogP) is 2.24. The number of alkyl halides is 3. The highest BCUT2D eigenvalue weighted by Gasteiger charge is 2.33. The summed E-state index contributed by atoms with van der Waals surface area (Å²) in [6.07, 6.45) is -4.48. The van der Waals surface area contributed by atoms with Gasteiger partial charge in [-0.05, 0) is 17.7 Å². The van der Waals surface area contributed by atoms with E-state index in [-0.39, 0.29) is 30.5 Å². The van der Waals surface area contributed by atoms with E-state index in [1.54, 1.807) is 14.1 Å². The molecule has 0 atom stereocenters. The van der Waals surface area contributed by atoms with Crippen molar-refractivity contribution in [1.82, 2.24) is 15.5 Å². The van der Waals surface area contributed by atoms with Crippen LogP contribution >= 0.6 is 15.9 Å². The Morgan fingerprint density at radius 2 is 2.00 bits per heavy atom. The number of aliphatic imine (C=N–C) groups is 1. The fourth-order valence-corrected chi connectivity index (χ4v) is 2.24. The third-order valence-electron chi connectivity index (χ3n) is 3.29. The molecule has 0 aliphatic rings. The number of nitrogens with zero attached hydrogens (tertiary/aromatic N) is 2. The molecule has 0 aliphatic carbocycles. The second-order valence-corrected chi connectivity index (χ2v) is 6.44. The zero-order valence-corrected chi connectivity index (χ0v) is 16.4. The first-order chi connectivity index (χ1) is 12.1. The van der Waals surface area contributed by atoms with Crippen molar-refractivity contribution >= 4 is 27.8 Å². The molecule has 0 fully saturated rings. The van der Waals surface area contributed by atoms with Gasteiger partial charge in [0.15, 0.2) is 5.96 Å². The van der Waals surface area contributed by atoms with Crippen molar-refractivity contribution in [2.75, 3.05) is 40.9 Å². The zero-order valence-electron chi connectivity index (χ0n) is 14.8. The average Bonchev–Trinajstić information content (AvgIpc) is 2.56. The maximum atomic E-state index is 13.2. The average molecular weight is 439 g/mol. The molecule has 0 saturated carbocycles. The number of hydrogen-bond donors (Lipinski definition) is 2. The van der Waals surface area contributed by atoms with E-state index < -0.39 is 11.7 Å². The lowest BCUT2D eigenvalue weighted by molar-refractivity contribution is -0.138. The van der Waals surface area contributed by atoms with E-state index in [4.69, 9.17) is 4.74 Å². The van der Waals surface area contributed by atoms with Gasteiger partial charge in [0.1, 0.15) is 0 Å². The Morgan fingerprint density at radius 3 is 2.58 bits per heavy atom. The van der Waals surface area contributed by atoms with E-state index >= 15 is 0 Å². The number of halogens is 4. The van der Waals surface area contributed by atoms with Gasteiger partial charge in [-0.2, -0.15) is 13.2 Å². The minimum absolute atomic E-state index is 0.0295. The fourth-order valence-electron chi connectivity index (χ4n) is 1.88. The summed E-state index contributed by atoms with van der Waals surface area (Å²) in [6.45, 7) is 0.554. The number of amides is 1. The first-order valence-corrected chi connectivity index (χ1v) is 8.51.